The minimum atomic E-state index is -3.94. The zero-order chi connectivity index (χ0) is 20.6. The predicted octanol–water partition coefficient (Wildman–Crippen LogP) is 1.72. The monoisotopic (exact) mass is 418 g/mol. The number of carbonyl (C=O) groups excluding carboxylic acids is 1. The van der Waals surface area contributed by atoms with E-state index in [1.807, 2.05) is 13.8 Å². The highest BCUT2D eigenvalue weighted by atomic mass is 32.2. The van der Waals surface area contributed by atoms with E-state index in [1.54, 1.807) is 13.8 Å². The minimum absolute atomic E-state index is 0.0180. The number of rotatable bonds is 7. The van der Waals surface area contributed by atoms with Crippen LogP contribution in [0.1, 0.15) is 34.1 Å². The summed E-state index contributed by atoms with van der Waals surface area (Å²) in [6.45, 7) is 7.27. The van der Waals surface area contributed by atoms with Crippen LogP contribution in [-0.2, 0) is 24.8 Å². The second kappa shape index (κ2) is 7.40. The van der Waals surface area contributed by atoms with E-state index in [2.05, 4.69) is 4.72 Å². The van der Waals surface area contributed by atoms with Crippen LogP contribution in [0.5, 0.6) is 5.75 Å². The molecule has 0 aliphatic carbocycles. The predicted molar refractivity (Wildman–Crippen MR) is 103 cm³/mol. The summed E-state index contributed by atoms with van der Waals surface area (Å²) in [6.07, 6.45) is 0.647. The Hall–Kier alpha value is -1.65. The van der Waals surface area contributed by atoms with E-state index in [9.17, 15) is 21.6 Å². The zero-order valence-corrected chi connectivity index (χ0v) is 17.8. The summed E-state index contributed by atoms with van der Waals surface area (Å²) in [4.78, 5) is 12.3. The Labute approximate surface area is 161 Å². The fourth-order valence-corrected chi connectivity index (χ4v) is 6.16. The smallest absolute Gasteiger partial charge is 0.247 e. The number of nitrogens with one attached hydrogen (secondary N) is 1. The summed E-state index contributed by atoms with van der Waals surface area (Å²) >= 11 is 0. The molecule has 0 bridgehead atoms. The van der Waals surface area contributed by atoms with Gasteiger partial charge in [0.1, 0.15) is 10.6 Å². The van der Waals surface area contributed by atoms with E-state index in [1.165, 1.54) is 19.2 Å². The standard InChI is InChI=1S/C17H26N2O6S2/c1-12(2)8-9-18-27(23,24)15-10-13(6-7-14(15)25-5)19-16(20)17(3,4)11-26(19,21)22/h6-7,10,12,18H,8-9,11H2,1-5H3. The number of amides is 1. The maximum absolute atomic E-state index is 12.7. The number of sulfonamides is 2. The second-order valence-corrected chi connectivity index (χ2v) is 11.2. The number of benzene rings is 1. The molecule has 1 aliphatic rings. The third-order valence-electron chi connectivity index (χ3n) is 4.27. The van der Waals surface area contributed by atoms with Crippen molar-refractivity contribution < 1.29 is 26.4 Å². The zero-order valence-electron chi connectivity index (χ0n) is 16.1. The van der Waals surface area contributed by atoms with Crippen molar-refractivity contribution >= 4 is 31.6 Å². The van der Waals surface area contributed by atoms with Crippen LogP contribution in [0.15, 0.2) is 23.1 Å². The molecule has 27 heavy (non-hydrogen) atoms. The number of ether oxygens (including phenoxy) is 1. The maximum Gasteiger partial charge on any atom is 0.247 e. The van der Waals surface area contributed by atoms with Crippen LogP contribution in [0.2, 0.25) is 0 Å². The third kappa shape index (κ3) is 4.44. The van der Waals surface area contributed by atoms with Crippen molar-refractivity contribution in [2.45, 2.75) is 39.0 Å². The first-order chi connectivity index (χ1) is 12.3. The van der Waals surface area contributed by atoms with Gasteiger partial charge >= 0.3 is 0 Å². The average molecular weight is 419 g/mol. The summed E-state index contributed by atoms with van der Waals surface area (Å²) in [5.41, 5.74) is -1.09. The topological polar surface area (TPSA) is 110 Å². The highest BCUT2D eigenvalue weighted by Gasteiger charge is 2.50. The van der Waals surface area contributed by atoms with E-state index >= 15 is 0 Å². The van der Waals surface area contributed by atoms with E-state index in [-0.39, 0.29) is 28.6 Å². The number of carbonyl (C=O) groups is 1. The molecule has 0 saturated carbocycles. The van der Waals surface area contributed by atoms with Crippen molar-refractivity contribution in [1.29, 1.82) is 0 Å². The van der Waals surface area contributed by atoms with E-state index < -0.39 is 31.4 Å². The van der Waals surface area contributed by atoms with E-state index in [4.69, 9.17) is 4.74 Å². The first kappa shape index (κ1) is 21.6. The molecule has 1 heterocycles. The molecule has 0 unspecified atom stereocenters. The number of hydrogen-bond donors (Lipinski definition) is 1. The van der Waals surface area contributed by atoms with Gasteiger partial charge in [0.15, 0.2) is 0 Å². The number of nitrogens with zero attached hydrogens (tertiary/aromatic N) is 1. The molecule has 1 saturated heterocycles. The van der Waals surface area contributed by atoms with Gasteiger partial charge in [-0.05, 0) is 44.4 Å². The van der Waals surface area contributed by atoms with Crippen LogP contribution in [0.25, 0.3) is 0 Å². The van der Waals surface area contributed by atoms with Crippen molar-refractivity contribution in [3.8, 4) is 5.75 Å². The summed E-state index contributed by atoms with van der Waals surface area (Å²) < 4.78 is 58.6. The number of hydrogen-bond acceptors (Lipinski definition) is 6. The van der Waals surface area contributed by atoms with Crippen molar-refractivity contribution in [2.24, 2.45) is 11.3 Å². The van der Waals surface area contributed by atoms with Crippen LogP contribution in [0.4, 0.5) is 5.69 Å². The van der Waals surface area contributed by atoms with Crippen LogP contribution >= 0.6 is 0 Å². The molecule has 2 rings (SSSR count). The Balaban J connectivity index is 2.48. The van der Waals surface area contributed by atoms with Crippen LogP contribution < -0.4 is 13.8 Å². The summed E-state index contributed by atoms with van der Waals surface area (Å²) in [5, 5.41) is 0. The SMILES string of the molecule is COc1ccc(N2C(=O)C(C)(C)CS2(=O)=O)cc1S(=O)(=O)NCCC(C)C. The Morgan fingerprint density at radius 2 is 1.93 bits per heavy atom. The molecule has 0 spiro atoms. The second-order valence-electron chi connectivity index (χ2n) is 7.63. The quantitative estimate of drug-likeness (QED) is 0.722. The van der Waals surface area contributed by atoms with Gasteiger partial charge in [-0.1, -0.05) is 13.8 Å². The minimum Gasteiger partial charge on any atom is -0.495 e. The summed E-state index contributed by atoms with van der Waals surface area (Å²) in [6, 6.07) is 3.87. The first-order valence-electron chi connectivity index (χ1n) is 8.57. The summed E-state index contributed by atoms with van der Waals surface area (Å²) in [7, 11) is -6.50. The van der Waals surface area contributed by atoms with Gasteiger partial charge in [-0.2, -0.15) is 0 Å². The van der Waals surface area contributed by atoms with Gasteiger partial charge in [0, 0.05) is 6.54 Å². The normalized spacial score (nSPS) is 18.9. The van der Waals surface area contributed by atoms with Gasteiger partial charge < -0.3 is 4.74 Å². The third-order valence-corrected chi connectivity index (χ3v) is 7.77. The van der Waals surface area contributed by atoms with Crippen molar-refractivity contribution in [2.75, 3.05) is 23.7 Å². The highest BCUT2D eigenvalue weighted by Crippen LogP contribution is 2.38. The molecule has 152 valence electrons. The first-order valence-corrected chi connectivity index (χ1v) is 11.7. The molecule has 0 aromatic heterocycles. The molecule has 0 atom stereocenters. The van der Waals surface area contributed by atoms with Crippen LogP contribution in [0.3, 0.4) is 0 Å². The lowest BCUT2D eigenvalue weighted by Crippen LogP contribution is -2.33. The average Bonchev–Trinajstić information content (AvgIpc) is 2.69. The van der Waals surface area contributed by atoms with Gasteiger partial charge in [-0.25, -0.2) is 25.9 Å². The Morgan fingerprint density at radius 3 is 2.41 bits per heavy atom. The molecule has 1 fully saturated rings. The van der Waals surface area contributed by atoms with Gasteiger partial charge in [0.05, 0.1) is 24.0 Å². The molecule has 8 nitrogen and oxygen atoms in total. The molecule has 1 aromatic rings. The van der Waals surface area contributed by atoms with Gasteiger partial charge in [0.25, 0.3) is 0 Å². The lowest BCUT2D eigenvalue weighted by atomic mass is 9.95. The highest BCUT2D eigenvalue weighted by molar-refractivity contribution is 7.94. The lowest BCUT2D eigenvalue weighted by molar-refractivity contribution is -0.123. The van der Waals surface area contributed by atoms with Crippen molar-refractivity contribution in [3.05, 3.63) is 18.2 Å². The van der Waals surface area contributed by atoms with Crippen molar-refractivity contribution in [3.63, 3.8) is 0 Å². The largest absolute Gasteiger partial charge is 0.495 e. The van der Waals surface area contributed by atoms with Gasteiger partial charge in [-0.15, -0.1) is 0 Å². The lowest BCUT2D eigenvalue weighted by Gasteiger charge is -2.19. The molecular formula is C17H26N2O6S2. The Kier molecular flexibility index (Phi) is 5.93. The fraction of sp³-hybridized carbons (Fsp3) is 0.588. The number of anilines is 1. The summed E-state index contributed by atoms with van der Waals surface area (Å²) in [5.74, 6) is -0.544. The van der Waals surface area contributed by atoms with Crippen LogP contribution in [-0.4, -0.2) is 42.2 Å². The van der Waals surface area contributed by atoms with E-state index in [0.717, 1.165) is 6.07 Å². The molecule has 1 aromatic carbocycles. The van der Waals surface area contributed by atoms with Gasteiger partial charge in [-0.3, -0.25) is 4.79 Å². The Morgan fingerprint density at radius 1 is 1.30 bits per heavy atom. The molecule has 1 N–H and O–H groups in total. The molecule has 0 radical (unpaired) electrons. The molecule has 1 amide bonds. The molecular weight excluding hydrogens is 392 g/mol. The maximum atomic E-state index is 12.7. The molecule has 1 aliphatic heterocycles. The molecule has 10 heteroatoms. The fourth-order valence-electron chi connectivity index (χ4n) is 2.82. The van der Waals surface area contributed by atoms with Gasteiger partial charge in [0.2, 0.25) is 26.0 Å². The van der Waals surface area contributed by atoms with Crippen molar-refractivity contribution in [1.82, 2.24) is 4.72 Å². The Bertz CT molecular complexity index is 936. The van der Waals surface area contributed by atoms with Crippen LogP contribution in [0, 0.1) is 11.3 Å². The van der Waals surface area contributed by atoms with E-state index in [0.29, 0.717) is 16.6 Å². The number of methoxy groups -OCH3 is 1.